The monoisotopic (exact) mass is 420 g/mol. The summed E-state index contributed by atoms with van der Waals surface area (Å²) in [5.74, 6) is -0.0502. The van der Waals surface area contributed by atoms with E-state index in [1.807, 2.05) is 37.3 Å². The lowest BCUT2D eigenvalue weighted by atomic mass is 9.95. The second kappa shape index (κ2) is 7.26. The third-order valence-corrected chi connectivity index (χ3v) is 5.72. The number of fused-ring (bicyclic) bond motifs is 3. The highest BCUT2D eigenvalue weighted by atomic mass is 35.5. The third-order valence-electron chi connectivity index (χ3n) is 5.49. The van der Waals surface area contributed by atoms with E-state index in [4.69, 9.17) is 21.4 Å². The second-order valence-electron chi connectivity index (χ2n) is 7.54. The van der Waals surface area contributed by atoms with Crippen LogP contribution in [0, 0.1) is 12.7 Å². The van der Waals surface area contributed by atoms with Gasteiger partial charge in [0.05, 0.1) is 11.8 Å². The normalized spacial score (nSPS) is 19.6. The standard InChI is InChI=1S/C24H18ClFN2O2/c1-14-2-4-15(5-3-14)20-13-21-19-12-17(25)8-11-22(19)30-24(28(21)27-20)23(29)16-6-9-18(26)10-7-16/h2-12,21,24H,13H2,1H3/t21-,24+/m1/s1. The van der Waals surface area contributed by atoms with Crippen LogP contribution in [0.1, 0.15) is 39.5 Å². The minimum Gasteiger partial charge on any atom is -0.461 e. The van der Waals surface area contributed by atoms with Crippen LogP contribution in [0.2, 0.25) is 5.02 Å². The summed E-state index contributed by atoms with van der Waals surface area (Å²) in [6.07, 6.45) is -0.301. The van der Waals surface area contributed by atoms with Crippen molar-refractivity contribution in [2.75, 3.05) is 0 Å². The van der Waals surface area contributed by atoms with E-state index in [0.29, 0.717) is 22.8 Å². The number of rotatable bonds is 3. The number of Topliss-reactive ketones (excluding diaryl/α,β-unsaturated/α-hetero) is 1. The number of carbonyl (C=O) groups is 1. The molecule has 2 atom stereocenters. The molecular weight excluding hydrogens is 403 g/mol. The minimum absolute atomic E-state index is 0.168. The number of ketones is 1. The zero-order valence-electron chi connectivity index (χ0n) is 16.2. The summed E-state index contributed by atoms with van der Waals surface area (Å²) >= 11 is 6.23. The van der Waals surface area contributed by atoms with Gasteiger partial charge in [-0.2, -0.15) is 5.10 Å². The first-order valence-corrected chi connectivity index (χ1v) is 10.1. The fourth-order valence-electron chi connectivity index (χ4n) is 3.91. The van der Waals surface area contributed by atoms with E-state index in [-0.39, 0.29) is 11.8 Å². The van der Waals surface area contributed by atoms with Gasteiger partial charge in [0.2, 0.25) is 5.78 Å². The molecule has 5 rings (SSSR count). The van der Waals surface area contributed by atoms with E-state index in [2.05, 4.69) is 0 Å². The maximum absolute atomic E-state index is 13.3. The summed E-state index contributed by atoms with van der Waals surface area (Å²) in [5, 5.41) is 7.08. The number of carbonyl (C=O) groups excluding carboxylic acids is 1. The van der Waals surface area contributed by atoms with Crippen molar-refractivity contribution in [3.63, 3.8) is 0 Å². The van der Waals surface area contributed by atoms with Crippen molar-refractivity contribution >= 4 is 23.1 Å². The molecular formula is C24H18ClFN2O2. The number of aryl methyl sites for hydroxylation is 1. The fourth-order valence-corrected chi connectivity index (χ4v) is 4.09. The molecule has 0 amide bonds. The van der Waals surface area contributed by atoms with Gasteiger partial charge in [-0.3, -0.25) is 4.79 Å². The number of hydrazone groups is 1. The largest absolute Gasteiger partial charge is 0.461 e. The van der Waals surface area contributed by atoms with Gasteiger partial charge in [0, 0.05) is 22.6 Å². The molecule has 4 nitrogen and oxygen atoms in total. The molecule has 2 aliphatic heterocycles. The third kappa shape index (κ3) is 3.25. The molecule has 2 aliphatic rings. The predicted molar refractivity (Wildman–Crippen MR) is 114 cm³/mol. The molecule has 30 heavy (non-hydrogen) atoms. The molecule has 0 fully saturated rings. The molecule has 0 N–H and O–H groups in total. The van der Waals surface area contributed by atoms with Crippen molar-refractivity contribution in [1.29, 1.82) is 0 Å². The molecule has 0 aromatic heterocycles. The summed E-state index contributed by atoms with van der Waals surface area (Å²) in [6, 6.07) is 18.8. The minimum atomic E-state index is -0.933. The summed E-state index contributed by atoms with van der Waals surface area (Å²) in [4.78, 5) is 13.2. The summed E-state index contributed by atoms with van der Waals surface area (Å²) < 4.78 is 19.4. The van der Waals surface area contributed by atoms with Crippen molar-refractivity contribution < 1.29 is 13.9 Å². The molecule has 0 spiro atoms. The Morgan fingerprint density at radius 1 is 1.10 bits per heavy atom. The summed E-state index contributed by atoms with van der Waals surface area (Å²) in [7, 11) is 0. The van der Waals surface area contributed by atoms with Crippen LogP contribution in [0.4, 0.5) is 4.39 Å². The van der Waals surface area contributed by atoms with E-state index in [0.717, 1.165) is 16.8 Å². The Morgan fingerprint density at radius 2 is 1.83 bits per heavy atom. The van der Waals surface area contributed by atoms with Crippen molar-refractivity contribution in [2.45, 2.75) is 25.6 Å². The SMILES string of the molecule is Cc1ccc(C2=NN3[C@H](C2)c2cc(Cl)ccc2O[C@H]3C(=O)c2ccc(F)cc2)cc1. The highest BCUT2D eigenvalue weighted by molar-refractivity contribution is 6.30. The van der Waals surface area contributed by atoms with Crippen LogP contribution in [0.15, 0.2) is 71.8 Å². The van der Waals surface area contributed by atoms with E-state index in [1.54, 1.807) is 17.1 Å². The number of hydrogen-bond donors (Lipinski definition) is 0. The van der Waals surface area contributed by atoms with Crippen LogP contribution in [0.3, 0.4) is 0 Å². The first-order chi connectivity index (χ1) is 14.5. The Kier molecular flexibility index (Phi) is 4.55. The number of halogens is 2. The van der Waals surface area contributed by atoms with Crippen LogP contribution >= 0.6 is 11.6 Å². The van der Waals surface area contributed by atoms with Gasteiger partial charge in [0.15, 0.2) is 0 Å². The number of hydrogen-bond acceptors (Lipinski definition) is 4. The lowest BCUT2D eigenvalue weighted by molar-refractivity contribution is -0.00455. The van der Waals surface area contributed by atoms with Gasteiger partial charge in [-0.25, -0.2) is 9.40 Å². The topological polar surface area (TPSA) is 41.9 Å². The number of ether oxygens (including phenoxy) is 1. The molecule has 0 aliphatic carbocycles. The zero-order valence-corrected chi connectivity index (χ0v) is 16.9. The van der Waals surface area contributed by atoms with Crippen molar-refractivity contribution in [3.8, 4) is 5.75 Å². The van der Waals surface area contributed by atoms with Crippen molar-refractivity contribution in [1.82, 2.24) is 5.01 Å². The Bertz CT molecular complexity index is 1160. The van der Waals surface area contributed by atoms with E-state index in [1.165, 1.54) is 29.8 Å². The van der Waals surface area contributed by atoms with Crippen LogP contribution in [-0.4, -0.2) is 22.7 Å². The molecule has 3 aromatic carbocycles. The average Bonchev–Trinajstić information content (AvgIpc) is 3.19. The predicted octanol–water partition coefficient (Wildman–Crippen LogP) is 5.54. The Morgan fingerprint density at radius 3 is 2.57 bits per heavy atom. The van der Waals surface area contributed by atoms with Gasteiger partial charge >= 0.3 is 0 Å². The Balaban J connectivity index is 1.57. The molecule has 0 unspecified atom stereocenters. The Labute approximate surface area is 178 Å². The Hall–Kier alpha value is -3.18. The molecule has 6 heteroatoms. The summed E-state index contributed by atoms with van der Waals surface area (Å²) in [6.45, 7) is 2.03. The van der Waals surface area contributed by atoms with Gasteiger partial charge < -0.3 is 4.74 Å². The highest BCUT2D eigenvalue weighted by Gasteiger charge is 2.43. The molecule has 0 saturated heterocycles. The zero-order chi connectivity index (χ0) is 20.8. The highest BCUT2D eigenvalue weighted by Crippen LogP contribution is 2.44. The first kappa shape index (κ1) is 18.8. The van der Waals surface area contributed by atoms with Crippen LogP contribution in [0.25, 0.3) is 0 Å². The van der Waals surface area contributed by atoms with Gasteiger partial charge in [-0.15, -0.1) is 0 Å². The summed E-state index contributed by atoms with van der Waals surface area (Å²) in [5.41, 5.74) is 4.33. The lowest BCUT2D eigenvalue weighted by Crippen LogP contribution is -2.45. The van der Waals surface area contributed by atoms with Crippen LogP contribution < -0.4 is 4.74 Å². The fraction of sp³-hybridized carbons (Fsp3) is 0.167. The van der Waals surface area contributed by atoms with Gasteiger partial charge in [0.1, 0.15) is 11.6 Å². The van der Waals surface area contributed by atoms with Crippen LogP contribution in [0.5, 0.6) is 5.75 Å². The maximum atomic E-state index is 13.3. The van der Waals surface area contributed by atoms with Crippen molar-refractivity contribution in [3.05, 3.63) is 99.8 Å². The quantitative estimate of drug-likeness (QED) is 0.522. The first-order valence-electron chi connectivity index (χ1n) is 9.68. The van der Waals surface area contributed by atoms with Gasteiger partial charge in [-0.1, -0.05) is 41.4 Å². The smallest absolute Gasteiger partial charge is 0.251 e. The van der Waals surface area contributed by atoms with Crippen LogP contribution in [-0.2, 0) is 0 Å². The molecule has 0 radical (unpaired) electrons. The van der Waals surface area contributed by atoms with E-state index < -0.39 is 12.0 Å². The number of benzene rings is 3. The second-order valence-corrected chi connectivity index (χ2v) is 7.97. The molecule has 0 bridgehead atoms. The molecule has 3 aromatic rings. The van der Waals surface area contributed by atoms with Gasteiger partial charge in [-0.05, 0) is 55.0 Å². The lowest BCUT2D eigenvalue weighted by Gasteiger charge is -2.37. The number of nitrogens with zero attached hydrogens (tertiary/aromatic N) is 2. The van der Waals surface area contributed by atoms with E-state index >= 15 is 0 Å². The van der Waals surface area contributed by atoms with Gasteiger partial charge in [0.25, 0.3) is 6.23 Å². The molecule has 0 saturated carbocycles. The van der Waals surface area contributed by atoms with E-state index in [9.17, 15) is 9.18 Å². The molecule has 150 valence electrons. The van der Waals surface area contributed by atoms with Crippen molar-refractivity contribution in [2.24, 2.45) is 5.10 Å². The average molecular weight is 421 g/mol. The molecule has 2 heterocycles. The maximum Gasteiger partial charge on any atom is 0.251 e.